The second kappa shape index (κ2) is 10.5. The third-order valence-corrected chi connectivity index (χ3v) is 5.20. The van der Waals surface area contributed by atoms with Crippen molar-refractivity contribution in [2.45, 2.75) is 13.3 Å². The predicted molar refractivity (Wildman–Crippen MR) is 125 cm³/mol. The lowest BCUT2D eigenvalue weighted by molar-refractivity contribution is 0.102. The van der Waals surface area contributed by atoms with Crippen LogP contribution in [0.4, 0.5) is 20.6 Å². The van der Waals surface area contributed by atoms with E-state index in [4.69, 9.17) is 5.26 Å². The first-order chi connectivity index (χ1) is 15.4. The number of halogens is 1. The van der Waals surface area contributed by atoms with Gasteiger partial charge in [-0.05, 0) is 66.9 Å². The molecule has 3 aromatic carbocycles. The molecule has 0 saturated carbocycles. The number of nitrogens with one attached hydrogen (secondary N) is 2. The van der Waals surface area contributed by atoms with Gasteiger partial charge in [0.25, 0.3) is 5.91 Å². The maximum atomic E-state index is 13.8. The van der Waals surface area contributed by atoms with Crippen molar-refractivity contribution >= 4 is 36.1 Å². The van der Waals surface area contributed by atoms with Crippen LogP contribution in [0.15, 0.2) is 66.7 Å². The molecule has 0 aliphatic heterocycles. The molecule has 6 nitrogen and oxygen atoms in total. The Morgan fingerprint density at radius 3 is 2.47 bits per heavy atom. The largest absolute Gasteiger partial charge is 0.337 e. The van der Waals surface area contributed by atoms with E-state index >= 15 is 0 Å². The van der Waals surface area contributed by atoms with Gasteiger partial charge in [-0.25, -0.2) is 13.5 Å². The summed E-state index contributed by atoms with van der Waals surface area (Å²) >= 11 is 4.27. The van der Waals surface area contributed by atoms with Crippen LogP contribution in [0.1, 0.15) is 27.0 Å². The first-order valence-electron chi connectivity index (χ1n) is 9.81. The van der Waals surface area contributed by atoms with Crippen LogP contribution in [-0.4, -0.2) is 18.5 Å². The number of aryl methyl sites for hydroxylation is 1. The molecule has 0 fully saturated rings. The topological polar surface area (TPSA) is 85.2 Å². The Morgan fingerprint density at radius 1 is 1.09 bits per heavy atom. The van der Waals surface area contributed by atoms with Gasteiger partial charge in [0.2, 0.25) is 0 Å². The van der Waals surface area contributed by atoms with Gasteiger partial charge in [0.05, 0.1) is 22.9 Å². The van der Waals surface area contributed by atoms with Crippen molar-refractivity contribution in [2.75, 3.05) is 16.2 Å². The minimum Gasteiger partial charge on any atom is -0.337 e. The van der Waals surface area contributed by atoms with E-state index in [0.29, 0.717) is 35.5 Å². The number of carbonyl (C=O) groups is 2. The number of carbonyl (C=O) groups excluding carboxylic acids is 2. The Hall–Kier alpha value is -3.83. The minimum atomic E-state index is -0.599. The summed E-state index contributed by atoms with van der Waals surface area (Å²) in [6.07, 6.45) is 0.610. The van der Waals surface area contributed by atoms with Crippen molar-refractivity contribution in [2.24, 2.45) is 0 Å². The fourth-order valence-corrected chi connectivity index (χ4v) is 3.20. The molecule has 0 unspecified atom stereocenters. The molecule has 3 amide bonds. The van der Waals surface area contributed by atoms with E-state index in [9.17, 15) is 14.0 Å². The molecule has 0 aliphatic rings. The molecule has 0 aliphatic carbocycles. The molecule has 0 saturated heterocycles. The second-order valence-corrected chi connectivity index (χ2v) is 7.44. The summed E-state index contributed by atoms with van der Waals surface area (Å²) < 4.78 is 15.0. The van der Waals surface area contributed by atoms with Crippen LogP contribution in [0.3, 0.4) is 0 Å². The minimum absolute atomic E-state index is 0.0477. The number of rotatable bonds is 6. The molecule has 0 radical (unpaired) electrons. The van der Waals surface area contributed by atoms with Crippen molar-refractivity contribution in [3.05, 3.63) is 94.8 Å². The zero-order chi connectivity index (χ0) is 23.1. The predicted octanol–water partition coefficient (Wildman–Crippen LogP) is 4.86. The zero-order valence-corrected chi connectivity index (χ0v) is 18.2. The highest BCUT2D eigenvalue weighted by Gasteiger charge is 2.15. The van der Waals surface area contributed by atoms with E-state index in [1.807, 2.05) is 12.1 Å². The number of hydrogen-bond acceptors (Lipinski definition) is 4. The van der Waals surface area contributed by atoms with E-state index in [1.165, 1.54) is 22.5 Å². The molecule has 3 rings (SSSR count). The summed E-state index contributed by atoms with van der Waals surface area (Å²) in [5.41, 5.74) is 3.25. The Labute approximate surface area is 191 Å². The van der Waals surface area contributed by atoms with Gasteiger partial charge in [0.15, 0.2) is 0 Å². The maximum absolute atomic E-state index is 13.8. The highest BCUT2D eigenvalue weighted by atomic mass is 32.1. The van der Waals surface area contributed by atoms with Crippen LogP contribution >= 0.6 is 12.8 Å². The van der Waals surface area contributed by atoms with Gasteiger partial charge >= 0.3 is 6.03 Å². The third kappa shape index (κ3) is 5.65. The molecule has 0 spiro atoms. The molecule has 3 aromatic rings. The lowest BCUT2D eigenvalue weighted by atomic mass is 10.1. The highest BCUT2D eigenvalue weighted by molar-refractivity contribution is 7.82. The SMILES string of the molecule is Cc1cc(N(S)C(=O)NCCc2ccc(C#N)cc2)ccc1NC(=O)c1ccccc1F. The van der Waals surface area contributed by atoms with Crippen LogP contribution in [0.2, 0.25) is 0 Å². The fraction of sp³-hybridized carbons (Fsp3) is 0.125. The average Bonchev–Trinajstić information content (AvgIpc) is 2.80. The van der Waals surface area contributed by atoms with Crippen molar-refractivity contribution in [1.29, 1.82) is 5.26 Å². The number of hydrogen-bond donors (Lipinski definition) is 3. The normalized spacial score (nSPS) is 10.2. The van der Waals surface area contributed by atoms with Gasteiger partial charge in [-0.15, -0.1) is 0 Å². The standard InChI is InChI=1S/C24H21FN4O2S/c1-16-14-19(10-11-22(16)28-23(30)20-4-2-3-5-21(20)25)29(32)24(31)27-13-12-17-6-8-18(15-26)9-7-17/h2-11,14,32H,12-13H2,1H3,(H,27,31)(H,28,30). The first-order valence-corrected chi connectivity index (χ1v) is 10.2. The Bertz CT molecular complexity index is 1180. The number of amides is 3. The number of anilines is 2. The summed E-state index contributed by atoms with van der Waals surface area (Å²) in [5, 5.41) is 14.3. The van der Waals surface area contributed by atoms with Crippen LogP contribution in [-0.2, 0) is 6.42 Å². The number of urea groups is 1. The number of benzene rings is 3. The molecule has 0 atom stereocenters. The van der Waals surface area contributed by atoms with E-state index in [1.54, 1.807) is 43.3 Å². The zero-order valence-electron chi connectivity index (χ0n) is 17.3. The van der Waals surface area contributed by atoms with Crippen LogP contribution < -0.4 is 14.9 Å². The molecule has 0 heterocycles. The van der Waals surface area contributed by atoms with E-state index in [0.717, 1.165) is 5.56 Å². The smallest absolute Gasteiger partial charge is 0.331 e. The summed E-state index contributed by atoms with van der Waals surface area (Å²) in [4.78, 5) is 24.7. The maximum Gasteiger partial charge on any atom is 0.331 e. The van der Waals surface area contributed by atoms with E-state index < -0.39 is 17.8 Å². The third-order valence-electron chi connectivity index (χ3n) is 4.79. The van der Waals surface area contributed by atoms with Gasteiger partial charge in [-0.3, -0.25) is 4.79 Å². The molecule has 2 N–H and O–H groups in total. The molecular weight excluding hydrogens is 427 g/mol. The van der Waals surface area contributed by atoms with Gasteiger partial charge in [-0.1, -0.05) is 37.1 Å². The number of nitriles is 1. The molecule has 162 valence electrons. The molecular formula is C24H21FN4O2S. The van der Waals surface area contributed by atoms with Crippen molar-refractivity contribution in [3.8, 4) is 6.07 Å². The van der Waals surface area contributed by atoms with Crippen LogP contribution in [0.5, 0.6) is 0 Å². The van der Waals surface area contributed by atoms with E-state index in [-0.39, 0.29) is 5.56 Å². The summed E-state index contributed by atoms with van der Waals surface area (Å²) in [6, 6.07) is 19.5. The number of nitrogens with zero attached hydrogens (tertiary/aromatic N) is 2. The van der Waals surface area contributed by atoms with Crippen LogP contribution in [0, 0.1) is 24.1 Å². The molecule has 0 bridgehead atoms. The van der Waals surface area contributed by atoms with Gasteiger partial charge in [0.1, 0.15) is 5.82 Å². The van der Waals surface area contributed by atoms with Crippen molar-refractivity contribution < 1.29 is 14.0 Å². The van der Waals surface area contributed by atoms with Crippen molar-refractivity contribution in [3.63, 3.8) is 0 Å². The quantitative estimate of drug-likeness (QED) is 0.471. The number of thiol groups is 1. The summed E-state index contributed by atoms with van der Waals surface area (Å²) in [7, 11) is 0. The summed E-state index contributed by atoms with van der Waals surface area (Å²) in [5.74, 6) is -1.15. The Balaban J connectivity index is 1.58. The van der Waals surface area contributed by atoms with Crippen LogP contribution in [0.25, 0.3) is 0 Å². The average molecular weight is 449 g/mol. The fourth-order valence-electron chi connectivity index (χ4n) is 3.01. The monoisotopic (exact) mass is 448 g/mol. The van der Waals surface area contributed by atoms with Gasteiger partial charge < -0.3 is 10.6 Å². The molecule has 8 heteroatoms. The lowest BCUT2D eigenvalue weighted by Crippen LogP contribution is -2.35. The van der Waals surface area contributed by atoms with Crippen molar-refractivity contribution in [1.82, 2.24) is 5.32 Å². The Kier molecular flexibility index (Phi) is 7.47. The van der Waals surface area contributed by atoms with Gasteiger partial charge in [0, 0.05) is 12.2 Å². The second-order valence-electron chi connectivity index (χ2n) is 7.04. The highest BCUT2D eigenvalue weighted by Crippen LogP contribution is 2.24. The molecule has 32 heavy (non-hydrogen) atoms. The van der Waals surface area contributed by atoms with Gasteiger partial charge in [-0.2, -0.15) is 5.26 Å². The first kappa shape index (κ1) is 22.8. The summed E-state index contributed by atoms with van der Waals surface area (Å²) in [6.45, 7) is 2.17. The Morgan fingerprint density at radius 2 is 1.81 bits per heavy atom. The van der Waals surface area contributed by atoms with E-state index in [2.05, 4.69) is 29.5 Å². The lowest BCUT2D eigenvalue weighted by Gasteiger charge is -2.18. The molecule has 0 aromatic heterocycles.